The van der Waals surface area contributed by atoms with Crippen molar-refractivity contribution in [3.8, 4) is 0 Å². The van der Waals surface area contributed by atoms with Crippen molar-refractivity contribution in [2.45, 2.75) is 32.9 Å². The fourth-order valence-corrected chi connectivity index (χ4v) is 2.76. The number of guanidine groups is 1. The minimum absolute atomic E-state index is 0. The molecule has 0 aromatic heterocycles. The van der Waals surface area contributed by atoms with Crippen molar-refractivity contribution in [1.29, 1.82) is 0 Å². The van der Waals surface area contributed by atoms with Crippen LogP contribution in [-0.4, -0.2) is 56.8 Å². The third-order valence-corrected chi connectivity index (χ3v) is 4.09. The molecule has 0 saturated carbocycles. The van der Waals surface area contributed by atoms with Crippen LogP contribution in [0.5, 0.6) is 0 Å². The summed E-state index contributed by atoms with van der Waals surface area (Å²) in [5, 5.41) is 6.72. The molecule has 136 valence electrons. The van der Waals surface area contributed by atoms with Gasteiger partial charge < -0.3 is 20.3 Å². The summed E-state index contributed by atoms with van der Waals surface area (Å²) in [4.78, 5) is 7.02. The maximum absolute atomic E-state index is 5.79. The molecule has 0 spiro atoms. The van der Waals surface area contributed by atoms with Gasteiger partial charge in [-0.3, -0.25) is 0 Å². The fourth-order valence-electron chi connectivity index (χ4n) is 2.76. The van der Waals surface area contributed by atoms with Gasteiger partial charge in [-0.05, 0) is 31.5 Å². The molecule has 1 atom stereocenters. The molecule has 1 aliphatic rings. The van der Waals surface area contributed by atoms with Crippen LogP contribution in [0.2, 0.25) is 0 Å². The number of aliphatic imine (C=N–C) groups is 1. The Bertz CT molecular complexity index is 510. The molecule has 1 fully saturated rings. The quantitative estimate of drug-likeness (QED) is 0.400. The van der Waals surface area contributed by atoms with Crippen molar-refractivity contribution in [3.63, 3.8) is 0 Å². The highest BCUT2D eigenvalue weighted by Crippen LogP contribution is 2.10. The number of nitrogens with zero attached hydrogens (tertiary/aromatic N) is 2. The molecule has 0 bridgehead atoms. The van der Waals surface area contributed by atoms with Crippen LogP contribution in [0.1, 0.15) is 25.0 Å². The van der Waals surface area contributed by atoms with Gasteiger partial charge >= 0.3 is 0 Å². The van der Waals surface area contributed by atoms with E-state index in [1.807, 2.05) is 0 Å². The first-order valence-electron chi connectivity index (χ1n) is 8.62. The standard InChI is InChI=1S/C18H30N4O.HI/c1-4-15-8-6-7-9-16(15)12-20-18(19-5-2)21-13-17-14-22(3)10-11-23-17;/h6-9,17H,4-5,10-14H2,1-3H3,(H2,19,20,21);1H. The molecule has 0 radical (unpaired) electrons. The van der Waals surface area contributed by atoms with Crippen LogP contribution in [0, 0.1) is 0 Å². The SMILES string of the molecule is CCNC(=NCc1ccccc1CC)NCC1CN(C)CCO1.I. The van der Waals surface area contributed by atoms with Gasteiger partial charge in [-0.2, -0.15) is 0 Å². The Kier molecular flexibility index (Phi) is 10.3. The van der Waals surface area contributed by atoms with Crippen molar-refractivity contribution in [1.82, 2.24) is 15.5 Å². The highest BCUT2D eigenvalue weighted by atomic mass is 127. The molecular weight excluding hydrogens is 415 g/mol. The van der Waals surface area contributed by atoms with Crippen LogP contribution in [0.25, 0.3) is 0 Å². The minimum Gasteiger partial charge on any atom is -0.374 e. The van der Waals surface area contributed by atoms with Crippen LogP contribution < -0.4 is 10.6 Å². The molecule has 24 heavy (non-hydrogen) atoms. The molecule has 1 aromatic carbocycles. The Morgan fingerprint density at radius 3 is 2.67 bits per heavy atom. The summed E-state index contributed by atoms with van der Waals surface area (Å²) in [5.41, 5.74) is 2.66. The van der Waals surface area contributed by atoms with E-state index >= 15 is 0 Å². The zero-order valence-corrected chi connectivity index (χ0v) is 17.4. The van der Waals surface area contributed by atoms with Crippen LogP contribution in [-0.2, 0) is 17.7 Å². The molecule has 0 amide bonds. The average Bonchev–Trinajstić information content (AvgIpc) is 2.57. The predicted octanol–water partition coefficient (Wildman–Crippen LogP) is 2.25. The highest BCUT2D eigenvalue weighted by molar-refractivity contribution is 14.0. The Labute approximate surface area is 163 Å². The summed E-state index contributed by atoms with van der Waals surface area (Å²) >= 11 is 0. The van der Waals surface area contributed by atoms with Gasteiger partial charge in [0, 0.05) is 26.2 Å². The number of ether oxygens (including phenoxy) is 1. The number of aryl methyl sites for hydroxylation is 1. The summed E-state index contributed by atoms with van der Waals surface area (Å²) in [5.74, 6) is 0.857. The summed E-state index contributed by atoms with van der Waals surface area (Å²) in [6, 6.07) is 8.50. The molecule has 1 heterocycles. The normalized spacial score (nSPS) is 18.8. The third kappa shape index (κ3) is 6.94. The lowest BCUT2D eigenvalue weighted by Crippen LogP contribution is -2.48. The van der Waals surface area contributed by atoms with E-state index < -0.39 is 0 Å². The van der Waals surface area contributed by atoms with E-state index in [1.165, 1.54) is 11.1 Å². The summed E-state index contributed by atoms with van der Waals surface area (Å²) < 4.78 is 5.79. The Balaban J connectivity index is 0.00000288. The van der Waals surface area contributed by atoms with Gasteiger partial charge in [0.15, 0.2) is 5.96 Å². The van der Waals surface area contributed by atoms with Crippen LogP contribution >= 0.6 is 24.0 Å². The maximum atomic E-state index is 5.79. The molecule has 0 aliphatic carbocycles. The lowest BCUT2D eigenvalue weighted by atomic mass is 10.1. The first kappa shape index (κ1) is 21.2. The molecule has 2 rings (SSSR count). The number of likely N-dealkylation sites (N-methyl/N-ethyl adjacent to an activating group) is 1. The van der Waals surface area contributed by atoms with E-state index in [2.05, 4.69) is 60.7 Å². The smallest absolute Gasteiger partial charge is 0.191 e. The molecular formula is C18H31IN4O. The molecule has 1 saturated heterocycles. The summed E-state index contributed by atoms with van der Waals surface area (Å²) in [6.07, 6.45) is 1.26. The van der Waals surface area contributed by atoms with E-state index in [1.54, 1.807) is 0 Å². The molecule has 1 aliphatic heterocycles. The van der Waals surface area contributed by atoms with Gasteiger partial charge in [-0.25, -0.2) is 4.99 Å². The maximum Gasteiger partial charge on any atom is 0.191 e. The van der Waals surface area contributed by atoms with E-state index in [-0.39, 0.29) is 30.1 Å². The van der Waals surface area contributed by atoms with Gasteiger partial charge in [-0.1, -0.05) is 31.2 Å². The number of nitrogens with one attached hydrogen (secondary N) is 2. The number of hydrogen-bond donors (Lipinski definition) is 2. The van der Waals surface area contributed by atoms with E-state index in [4.69, 9.17) is 9.73 Å². The predicted molar refractivity (Wildman–Crippen MR) is 111 cm³/mol. The van der Waals surface area contributed by atoms with Crippen molar-refractivity contribution in [2.24, 2.45) is 4.99 Å². The van der Waals surface area contributed by atoms with Gasteiger partial charge in [0.25, 0.3) is 0 Å². The fraction of sp³-hybridized carbons (Fsp3) is 0.611. The van der Waals surface area contributed by atoms with Crippen molar-refractivity contribution >= 4 is 29.9 Å². The summed E-state index contributed by atoms with van der Waals surface area (Å²) in [7, 11) is 2.14. The number of benzene rings is 1. The van der Waals surface area contributed by atoms with Gasteiger partial charge in [0.1, 0.15) is 0 Å². The molecule has 6 heteroatoms. The van der Waals surface area contributed by atoms with Crippen LogP contribution in [0.4, 0.5) is 0 Å². The Morgan fingerprint density at radius 2 is 2.00 bits per heavy atom. The van der Waals surface area contributed by atoms with E-state index in [0.717, 1.165) is 45.2 Å². The number of halogens is 1. The lowest BCUT2D eigenvalue weighted by Gasteiger charge is -2.30. The molecule has 2 N–H and O–H groups in total. The van der Waals surface area contributed by atoms with E-state index in [0.29, 0.717) is 6.54 Å². The minimum atomic E-state index is 0. The number of morpholine rings is 1. The Hall–Kier alpha value is -0.860. The molecule has 5 nitrogen and oxygen atoms in total. The third-order valence-electron chi connectivity index (χ3n) is 4.09. The van der Waals surface area contributed by atoms with Crippen molar-refractivity contribution in [3.05, 3.63) is 35.4 Å². The second kappa shape index (κ2) is 11.7. The van der Waals surface area contributed by atoms with Crippen molar-refractivity contribution < 1.29 is 4.74 Å². The Morgan fingerprint density at radius 1 is 1.25 bits per heavy atom. The zero-order chi connectivity index (χ0) is 16.5. The molecule has 1 unspecified atom stereocenters. The van der Waals surface area contributed by atoms with Crippen LogP contribution in [0.3, 0.4) is 0 Å². The van der Waals surface area contributed by atoms with E-state index in [9.17, 15) is 0 Å². The van der Waals surface area contributed by atoms with Crippen LogP contribution in [0.15, 0.2) is 29.3 Å². The monoisotopic (exact) mass is 446 g/mol. The topological polar surface area (TPSA) is 48.9 Å². The zero-order valence-electron chi connectivity index (χ0n) is 15.0. The molecule has 1 aromatic rings. The average molecular weight is 446 g/mol. The van der Waals surface area contributed by atoms with Gasteiger partial charge in [-0.15, -0.1) is 24.0 Å². The number of hydrogen-bond acceptors (Lipinski definition) is 3. The van der Waals surface area contributed by atoms with Crippen molar-refractivity contribution in [2.75, 3.05) is 39.8 Å². The lowest BCUT2D eigenvalue weighted by molar-refractivity contribution is -0.0161. The second-order valence-corrected chi connectivity index (χ2v) is 5.95. The second-order valence-electron chi connectivity index (χ2n) is 5.95. The largest absolute Gasteiger partial charge is 0.374 e. The highest BCUT2D eigenvalue weighted by Gasteiger charge is 2.17. The van der Waals surface area contributed by atoms with Gasteiger partial charge in [0.05, 0.1) is 19.3 Å². The summed E-state index contributed by atoms with van der Waals surface area (Å²) in [6.45, 7) is 9.39. The first-order valence-corrected chi connectivity index (χ1v) is 8.62. The number of rotatable bonds is 6. The van der Waals surface area contributed by atoms with Gasteiger partial charge in [0.2, 0.25) is 0 Å². The first-order chi connectivity index (χ1) is 11.2.